The van der Waals surface area contributed by atoms with Gasteiger partial charge in [0.1, 0.15) is 11.4 Å². The van der Waals surface area contributed by atoms with E-state index in [2.05, 4.69) is 10.6 Å². The molecule has 1 saturated carbocycles. The van der Waals surface area contributed by atoms with Gasteiger partial charge in [-0.05, 0) is 70.4 Å². The van der Waals surface area contributed by atoms with E-state index in [4.69, 9.17) is 9.47 Å². The Morgan fingerprint density at radius 2 is 1.88 bits per heavy atom. The molecular weight excluding hydrogens is 429 g/mol. The fraction of sp³-hybridized carbons (Fsp3) is 0.625. The molecule has 1 heterocycles. The van der Waals surface area contributed by atoms with Crippen molar-refractivity contribution in [3.05, 3.63) is 23.0 Å². The summed E-state index contributed by atoms with van der Waals surface area (Å²) in [6.45, 7) is 8.63. The minimum atomic E-state index is -0.703. The number of amides is 2. The highest BCUT2D eigenvalue weighted by Gasteiger charge is 2.31. The molecule has 33 heavy (non-hydrogen) atoms. The summed E-state index contributed by atoms with van der Waals surface area (Å²) in [6, 6.07) is 1.13. The Kier molecular flexibility index (Phi) is 7.49. The van der Waals surface area contributed by atoms with Crippen LogP contribution in [0.3, 0.4) is 0 Å². The lowest BCUT2D eigenvalue weighted by Gasteiger charge is -2.25. The maximum absolute atomic E-state index is 15.2. The maximum Gasteiger partial charge on any atom is 0.407 e. The predicted octanol–water partition coefficient (Wildman–Crippen LogP) is 4.01. The SMILES string of the molecule is COC(=O)c1cc(F)c(N2CCC(CNC(=O)OC(C)(C)C)C2)c(C)c1NC(=O)CC1CC1. The zero-order chi connectivity index (χ0) is 24.3. The molecule has 1 aromatic rings. The second kappa shape index (κ2) is 9.97. The fourth-order valence-corrected chi connectivity index (χ4v) is 4.11. The number of hydrogen-bond donors (Lipinski definition) is 2. The van der Waals surface area contributed by atoms with E-state index in [0.717, 1.165) is 25.3 Å². The molecule has 182 valence electrons. The van der Waals surface area contributed by atoms with E-state index < -0.39 is 23.5 Å². The van der Waals surface area contributed by atoms with Crippen LogP contribution < -0.4 is 15.5 Å². The van der Waals surface area contributed by atoms with Crippen LogP contribution in [0.25, 0.3) is 0 Å². The first-order valence-electron chi connectivity index (χ1n) is 11.4. The minimum absolute atomic E-state index is 0.00253. The van der Waals surface area contributed by atoms with Gasteiger partial charge in [-0.1, -0.05) is 0 Å². The molecule has 1 atom stereocenters. The number of carbonyl (C=O) groups is 3. The molecule has 0 bridgehead atoms. The molecule has 8 nitrogen and oxygen atoms in total. The van der Waals surface area contributed by atoms with Gasteiger partial charge in [-0.25, -0.2) is 14.0 Å². The van der Waals surface area contributed by atoms with Crippen LogP contribution in [0.1, 0.15) is 62.4 Å². The maximum atomic E-state index is 15.2. The van der Waals surface area contributed by atoms with Gasteiger partial charge in [-0.3, -0.25) is 4.79 Å². The van der Waals surface area contributed by atoms with Crippen molar-refractivity contribution in [2.75, 3.05) is 37.0 Å². The molecule has 2 N–H and O–H groups in total. The number of halogens is 1. The number of nitrogens with zero attached hydrogens (tertiary/aromatic N) is 1. The van der Waals surface area contributed by atoms with Gasteiger partial charge in [-0.15, -0.1) is 0 Å². The number of benzene rings is 1. The number of carbonyl (C=O) groups excluding carboxylic acids is 3. The topological polar surface area (TPSA) is 97.0 Å². The van der Waals surface area contributed by atoms with Crippen molar-refractivity contribution in [1.29, 1.82) is 0 Å². The molecule has 1 saturated heterocycles. The number of rotatable bonds is 7. The number of methoxy groups -OCH3 is 1. The third-order valence-corrected chi connectivity index (χ3v) is 5.87. The van der Waals surface area contributed by atoms with Gasteiger partial charge in [0.2, 0.25) is 5.91 Å². The standard InChI is InChI=1S/C24H34FN3O5/c1-14-20(27-19(29)10-15-6-7-15)17(22(30)32-5)11-18(25)21(14)28-9-8-16(13-28)12-26-23(31)33-24(2,3)4/h11,15-16H,6-10,12-13H2,1-5H3,(H,26,31)(H,27,29). The van der Waals surface area contributed by atoms with Crippen molar-refractivity contribution in [3.8, 4) is 0 Å². The van der Waals surface area contributed by atoms with Gasteiger partial charge in [0.15, 0.2) is 0 Å². The van der Waals surface area contributed by atoms with Gasteiger partial charge in [-0.2, -0.15) is 0 Å². The average molecular weight is 464 g/mol. The molecule has 0 spiro atoms. The molecule has 2 fully saturated rings. The normalized spacial score (nSPS) is 18.1. The molecule has 0 aromatic heterocycles. The molecule has 1 aliphatic carbocycles. The monoisotopic (exact) mass is 463 g/mol. The van der Waals surface area contributed by atoms with E-state index in [0.29, 0.717) is 48.9 Å². The van der Waals surface area contributed by atoms with Gasteiger partial charge < -0.3 is 25.0 Å². The van der Waals surface area contributed by atoms with Gasteiger partial charge in [0.25, 0.3) is 0 Å². The summed E-state index contributed by atoms with van der Waals surface area (Å²) in [4.78, 5) is 38.6. The van der Waals surface area contributed by atoms with Crippen LogP contribution in [0.5, 0.6) is 0 Å². The largest absolute Gasteiger partial charge is 0.465 e. The van der Waals surface area contributed by atoms with E-state index in [1.165, 1.54) is 7.11 Å². The summed E-state index contributed by atoms with van der Waals surface area (Å²) in [5.41, 5.74) is 0.555. The molecule has 1 unspecified atom stereocenters. The predicted molar refractivity (Wildman–Crippen MR) is 123 cm³/mol. The highest BCUT2D eigenvalue weighted by Crippen LogP contribution is 2.37. The average Bonchev–Trinajstić information content (AvgIpc) is 3.41. The summed E-state index contributed by atoms with van der Waals surface area (Å²) in [7, 11) is 1.22. The van der Waals surface area contributed by atoms with Crippen LogP contribution in [0.15, 0.2) is 6.07 Å². The van der Waals surface area contributed by atoms with Crippen molar-refractivity contribution >= 4 is 29.3 Å². The lowest BCUT2D eigenvalue weighted by molar-refractivity contribution is -0.116. The number of nitrogens with one attached hydrogen (secondary N) is 2. The van der Waals surface area contributed by atoms with Crippen LogP contribution in [0.2, 0.25) is 0 Å². The van der Waals surface area contributed by atoms with Crippen LogP contribution in [0, 0.1) is 24.6 Å². The van der Waals surface area contributed by atoms with Crippen LogP contribution >= 0.6 is 0 Å². The van der Waals surface area contributed by atoms with Gasteiger partial charge in [0, 0.05) is 26.1 Å². The number of hydrogen-bond acceptors (Lipinski definition) is 6. The first kappa shape index (κ1) is 24.8. The van der Waals surface area contributed by atoms with E-state index in [9.17, 15) is 14.4 Å². The highest BCUT2D eigenvalue weighted by molar-refractivity contribution is 6.03. The summed E-state index contributed by atoms with van der Waals surface area (Å²) in [5, 5.41) is 5.60. The second-order valence-electron chi connectivity index (χ2n) is 9.93. The smallest absolute Gasteiger partial charge is 0.407 e. The molecule has 2 amide bonds. The van der Waals surface area contributed by atoms with Crippen molar-refractivity contribution < 1.29 is 28.2 Å². The Bertz CT molecular complexity index is 924. The third-order valence-electron chi connectivity index (χ3n) is 5.87. The number of esters is 1. The van der Waals surface area contributed by atoms with Crippen molar-refractivity contribution in [3.63, 3.8) is 0 Å². The highest BCUT2D eigenvalue weighted by atomic mass is 19.1. The molecule has 1 aliphatic heterocycles. The molecule has 0 radical (unpaired) electrons. The Morgan fingerprint density at radius 1 is 1.18 bits per heavy atom. The molecular formula is C24H34FN3O5. The Hall–Kier alpha value is -2.84. The van der Waals surface area contributed by atoms with Crippen LogP contribution in [0.4, 0.5) is 20.6 Å². The molecule has 1 aromatic carbocycles. The third kappa shape index (κ3) is 6.58. The number of ether oxygens (including phenoxy) is 2. The van der Waals surface area contributed by atoms with E-state index in [1.807, 2.05) is 4.90 Å². The van der Waals surface area contributed by atoms with Crippen molar-refractivity contribution in [1.82, 2.24) is 5.32 Å². The summed E-state index contributed by atoms with van der Waals surface area (Å²) >= 11 is 0. The summed E-state index contributed by atoms with van der Waals surface area (Å²) in [5.74, 6) is -0.947. The first-order valence-corrected chi connectivity index (χ1v) is 11.4. The first-order chi connectivity index (χ1) is 15.5. The zero-order valence-electron chi connectivity index (χ0n) is 20.0. The van der Waals surface area contributed by atoms with E-state index in [1.54, 1.807) is 27.7 Å². The van der Waals surface area contributed by atoms with E-state index in [-0.39, 0.29) is 17.4 Å². The minimum Gasteiger partial charge on any atom is -0.465 e. The Balaban J connectivity index is 1.75. The zero-order valence-corrected chi connectivity index (χ0v) is 20.0. The quantitative estimate of drug-likeness (QED) is 0.593. The number of anilines is 2. The van der Waals surface area contributed by atoms with Crippen molar-refractivity contribution in [2.45, 2.75) is 59.0 Å². The Labute approximate surface area is 194 Å². The molecule has 9 heteroatoms. The lowest BCUT2D eigenvalue weighted by Crippen LogP contribution is -2.36. The van der Waals surface area contributed by atoms with E-state index >= 15 is 4.39 Å². The fourth-order valence-electron chi connectivity index (χ4n) is 4.11. The van der Waals surface area contributed by atoms with Gasteiger partial charge >= 0.3 is 12.1 Å². The van der Waals surface area contributed by atoms with Crippen LogP contribution in [-0.2, 0) is 14.3 Å². The molecule has 3 rings (SSSR count). The number of alkyl carbamates (subject to hydrolysis) is 1. The second-order valence-corrected chi connectivity index (χ2v) is 9.93. The van der Waals surface area contributed by atoms with Crippen LogP contribution in [-0.4, -0.2) is 50.3 Å². The lowest BCUT2D eigenvalue weighted by atomic mass is 10.0. The van der Waals surface area contributed by atoms with Gasteiger partial charge in [0.05, 0.1) is 24.0 Å². The molecule has 2 aliphatic rings. The Morgan fingerprint density at radius 3 is 2.48 bits per heavy atom. The summed E-state index contributed by atoms with van der Waals surface area (Å²) in [6.07, 6.45) is 2.71. The summed E-state index contributed by atoms with van der Waals surface area (Å²) < 4.78 is 25.3. The van der Waals surface area contributed by atoms with Crippen molar-refractivity contribution in [2.24, 2.45) is 11.8 Å².